The molecule has 0 aliphatic carbocycles. The fourth-order valence-electron chi connectivity index (χ4n) is 3.27. The van der Waals surface area contributed by atoms with Crippen molar-refractivity contribution in [2.45, 2.75) is 32.4 Å². The molecular weight excluding hydrogens is 314 g/mol. The molecule has 1 N–H and O–H groups in total. The van der Waals surface area contributed by atoms with Gasteiger partial charge in [0.05, 0.1) is 12.6 Å². The molecule has 6 heteroatoms. The molecule has 1 aliphatic heterocycles. The van der Waals surface area contributed by atoms with E-state index in [-0.39, 0.29) is 12.1 Å². The van der Waals surface area contributed by atoms with Gasteiger partial charge in [0.25, 0.3) is 0 Å². The number of aromatic nitrogens is 2. The normalized spacial score (nSPS) is 17.3. The molecule has 1 aromatic carbocycles. The molecule has 6 nitrogen and oxygen atoms in total. The first-order valence-corrected chi connectivity index (χ1v) is 8.85. The lowest BCUT2D eigenvalue weighted by molar-refractivity contribution is 0.207. The standard InChI is InChI=1S/C19H27N5O/c1-15-6-4-7-16(14-15)17-8-5-10-24(17)19(25)20-18-9-11-23(21-18)13-12-22(2)3/h4,6-7,9,11,14,17H,5,8,10,12-13H2,1-3H3,(H,20,21,25)/t17-/m0/s1. The molecule has 1 aliphatic rings. The fourth-order valence-corrected chi connectivity index (χ4v) is 3.27. The number of urea groups is 1. The van der Waals surface area contributed by atoms with Gasteiger partial charge in [0, 0.05) is 25.4 Å². The van der Waals surface area contributed by atoms with E-state index in [2.05, 4.69) is 46.5 Å². The molecule has 1 aromatic heterocycles. The quantitative estimate of drug-likeness (QED) is 0.909. The number of hydrogen-bond donors (Lipinski definition) is 1. The monoisotopic (exact) mass is 341 g/mol. The first-order valence-electron chi connectivity index (χ1n) is 8.85. The number of carbonyl (C=O) groups excluding carboxylic acids is 1. The summed E-state index contributed by atoms with van der Waals surface area (Å²) in [4.78, 5) is 16.7. The molecule has 3 rings (SSSR count). The summed E-state index contributed by atoms with van der Waals surface area (Å²) in [5.74, 6) is 0.610. The van der Waals surface area contributed by atoms with Crippen molar-refractivity contribution in [2.24, 2.45) is 0 Å². The first kappa shape index (κ1) is 17.5. The molecule has 25 heavy (non-hydrogen) atoms. The van der Waals surface area contributed by atoms with E-state index in [9.17, 15) is 4.79 Å². The molecule has 2 amide bonds. The van der Waals surface area contributed by atoms with E-state index in [1.807, 2.05) is 35.9 Å². The van der Waals surface area contributed by atoms with Crippen LogP contribution in [-0.2, 0) is 6.54 Å². The smallest absolute Gasteiger partial charge is 0.317 e. The number of anilines is 1. The van der Waals surface area contributed by atoms with Crippen LogP contribution in [0.25, 0.3) is 0 Å². The summed E-state index contributed by atoms with van der Waals surface area (Å²) in [6.07, 6.45) is 3.94. The highest BCUT2D eigenvalue weighted by Crippen LogP contribution is 2.32. The van der Waals surface area contributed by atoms with Crippen LogP contribution < -0.4 is 5.32 Å². The number of likely N-dealkylation sites (tertiary alicyclic amines) is 1. The number of nitrogens with one attached hydrogen (secondary N) is 1. The minimum Gasteiger partial charge on any atom is -0.317 e. The van der Waals surface area contributed by atoms with Crippen LogP contribution in [0, 0.1) is 6.92 Å². The number of amides is 2. The van der Waals surface area contributed by atoms with Gasteiger partial charge in [-0.3, -0.25) is 10.00 Å². The molecule has 1 saturated heterocycles. The molecule has 2 heterocycles. The Kier molecular flexibility index (Phi) is 5.38. The Labute approximate surface area is 149 Å². The second-order valence-corrected chi connectivity index (χ2v) is 6.96. The third-order valence-electron chi connectivity index (χ3n) is 4.59. The van der Waals surface area contributed by atoms with Gasteiger partial charge in [-0.1, -0.05) is 29.8 Å². The molecule has 0 radical (unpaired) electrons. The van der Waals surface area contributed by atoms with Crippen LogP contribution in [0.1, 0.15) is 30.0 Å². The Morgan fingerprint density at radius 3 is 2.96 bits per heavy atom. The molecule has 2 aromatic rings. The van der Waals surface area contributed by atoms with Gasteiger partial charge in [-0.25, -0.2) is 4.79 Å². The summed E-state index contributed by atoms with van der Waals surface area (Å²) >= 11 is 0. The number of nitrogens with zero attached hydrogens (tertiary/aromatic N) is 4. The van der Waals surface area contributed by atoms with E-state index < -0.39 is 0 Å². The largest absolute Gasteiger partial charge is 0.323 e. The van der Waals surface area contributed by atoms with Crippen molar-refractivity contribution in [1.29, 1.82) is 0 Å². The Bertz CT molecular complexity index is 724. The van der Waals surface area contributed by atoms with Crippen LogP contribution in [0.3, 0.4) is 0 Å². The lowest BCUT2D eigenvalue weighted by Gasteiger charge is -2.25. The number of aryl methyl sites for hydroxylation is 1. The zero-order valence-corrected chi connectivity index (χ0v) is 15.3. The predicted octanol–water partition coefficient (Wildman–Crippen LogP) is 3.12. The fraction of sp³-hybridized carbons (Fsp3) is 0.474. The summed E-state index contributed by atoms with van der Waals surface area (Å²) in [7, 11) is 4.07. The molecule has 134 valence electrons. The average molecular weight is 341 g/mol. The minimum absolute atomic E-state index is 0.0677. The molecule has 0 saturated carbocycles. The van der Waals surface area contributed by atoms with E-state index in [0.717, 1.165) is 32.5 Å². The maximum atomic E-state index is 12.7. The van der Waals surface area contributed by atoms with E-state index in [0.29, 0.717) is 5.82 Å². The van der Waals surface area contributed by atoms with Crippen molar-refractivity contribution < 1.29 is 4.79 Å². The van der Waals surface area contributed by atoms with Gasteiger partial charge >= 0.3 is 6.03 Å². The second kappa shape index (κ2) is 7.70. The van der Waals surface area contributed by atoms with E-state index in [1.54, 1.807) is 0 Å². The Balaban J connectivity index is 1.64. The van der Waals surface area contributed by atoms with Crippen molar-refractivity contribution in [1.82, 2.24) is 19.6 Å². The zero-order valence-electron chi connectivity index (χ0n) is 15.3. The summed E-state index contributed by atoms with van der Waals surface area (Å²) in [6, 6.07) is 10.4. The summed E-state index contributed by atoms with van der Waals surface area (Å²) in [5.41, 5.74) is 2.44. The molecule has 0 spiro atoms. The number of rotatable bonds is 5. The average Bonchev–Trinajstić information content (AvgIpc) is 3.22. The zero-order chi connectivity index (χ0) is 17.8. The van der Waals surface area contributed by atoms with Crippen molar-refractivity contribution in [2.75, 3.05) is 32.5 Å². The molecule has 1 atom stereocenters. The molecular formula is C19H27N5O. The van der Waals surface area contributed by atoms with Crippen LogP contribution in [0.15, 0.2) is 36.5 Å². The van der Waals surface area contributed by atoms with Crippen LogP contribution >= 0.6 is 0 Å². The van der Waals surface area contributed by atoms with Gasteiger partial charge in [0.1, 0.15) is 0 Å². The molecule has 1 fully saturated rings. The SMILES string of the molecule is Cc1cccc([C@@H]2CCCN2C(=O)Nc2ccn(CCN(C)C)n2)c1. The lowest BCUT2D eigenvalue weighted by Crippen LogP contribution is -2.34. The third kappa shape index (κ3) is 4.39. The van der Waals surface area contributed by atoms with Gasteiger partial charge in [0.2, 0.25) is 0 Å². The van der Waals surface area contributed by atoms with E-state index in [4.69, 9.17) is 0 Å². The molecule has 0 bridgehead atoms. The first-order chi connectivity index (χ1) is 12.0. The van der Waals surface area contributed by atoms with Crippen molar-refractivity contribution >= 4 is 11.8 Å². The van der Waals surface area contributed by atoms with Crippen molar-refractivity contribution in [3.05, 3.63) is 47.7 Å². The van der Waals surface area contributed by atoms with Crippen LogP contribution in [0.4, 0.5) is 10.6 Å². The van der Waals surface area contributed by atoms with Gasteiger partial charge in [0.15, 0.2) is 5.82 Å². The highest BCUT2D eigenvalue weighted by molar-refractivity contribution is 5.88. The number of likely N-dealkylation sites (N-methyl/N-ethyl adjacent to an activating group) is 1. The maximum absolute atomic E-state index is 12.7. The lowest BCUT2D eigenvalue weighted by atomic mass is 10.0. The highest BCUT2D eigenvalue weighted by atomic mass is 16.2. The van der Waals surface area contributed by atoms with Crippen molar-refractivity contribution in [3.63, 3.8) is 0 Å². The number of benzene rings is 1. The van der Waals surface area contributed by atoms with Gasteiger partial charge in [-0.05, 0) is 39.4 Å². The number of carbonyl (C=O) groups is 1. The third-order valence-corrected chi connectivity index (χ3v) is 4.59. The minimum atomic E-state index is -0.0677. The van der Waals surface area contributed by atoms with Crippen LogP contribution in [-0.4, -0.2) is 52.8 Å². The van der Waals surface area contributed by atoms with Crippen LogP contribution in [0.2, 0.25) is 0 Å². The number of hydrogen-bond acceptors (Lipinski definition) is 3. The van der Waals surface area contributed by atoms with E-state index in [1.165, 1.54) is 11.1 Å². The second-order valence-electron chi connectivity index (χ2n) is 6.96. The van der Waals surface area contributed by atoms with Crippen LogP contribution in [0.5, 0.6) is 0 Å². The Hall–Kier alpha value is -2.34. The maximum Gasteiger partial charge on any atom is 0.323 e. The van der Waals surface area contributed by atoms with Gasteiger partial charge in [-0.2, -0.15) is 5.10 Å². The van der Waals surface area contributed by atoms with E-state index >= 15 is 0 Å². The summed E-state index contributed by atoms with van der Waals surface area (Å²) < 4.78 is 1.86. The molecule has 0 unspecified atom stereocenters. The highest BCUT2D eigenvalue weighted by Gasteiger charge is 2.30. The van der Waals surface area contributed by atoms with Gasteiger partial charge in [-0.15, -0.1) is 0 Å². The Morgan fingerprint density at radius 2 is 2.20 bits per heavy atom. The topological polar surface area (TPSA) is 53.4 Å². The summed E-state index contributed by atoms with van der Waals surface area (Å²) in [6.45, 7) is 4.59. The Morgan fingerprint density at radius 1 is 1.36 bits per heavy atom. The summed E-state index contributed by atoms with van der Waals surface area (Å²) in [5, 5.41) is 7.38. The van der Waals surface area contributed by atoms with Crippen molar-refractivity contribution in [3.8, 4) is 0 Å². The van der Waals surface area contributed by atoms with Gasteiger partial charge < -0.3 is 9.80 Å². The predicted molar refractivity (Wildman–Crippen MR) is 99.7 cm³/mol.